The minimum absolute atomic E-state index is 0.181. The van der Waals surface area contributed by atoms with Gasteiger partial charge in [-0.15, -0.1) is 10.2 Å². The first-order valence-corrected chi connectivity index (χ1v) is 11.2. The number of ketones is 1. The third-order valence-corrected chi connectivity index (χ3v) is 5.89. The maximum absolute atomic E-state index is 12.3. The summed E-state index contributed by atoms with van der Waals surface area (Å²) in [7, 11) is 0. The predicted molar refractivity (Wildman–Crippen MR) is 131 cm³/mol. The summed E-state index contributed by atoms with van der Waals surface area (Å²) in [6, 6.07) is 25.6. The van der Waals surface area contributed by atoms with Crippen molar-refractivity contribution in [2.45, 2.75) is 18.2 Å². The van der Waals surface area contributed by atoms with Gasteiger partial charge in [0.25, 0.3) is 0 Å². The number of halogens is 1. The highest BCUT2D eigenvalue weighted by Gasteiger charge is 2.24. The fraction of sp³-hybridized carbons (Fsp3) is 0.0833. The fourth-order valence-corrected chi connectivity index (χ4v) is 4.03. The molecule has 0 amide bonds. The summed E-state index contributed by atoms with van der Waals surface area (Å²) in [5, 5.41) is 24.9. The van der Waals surface area contributed by atoms with E-state index in [1.807, 2.05) is 60.7 Å². The molecular weight excluding hydrogens is 458 g/mol. The Labute approximate surface area is 200 Å². The van der Waals surface area contributed by atoms with Crippen molar-refractivity contribution in [1.82, 2.24) is 14.8 Å². The van der Waals surface area contributed by atoms with Crippen molar-refractivity contribution in [2.24, 2.45) is 5.10 Å². The number of aromatic nitrogens is 3. The molecule has 0 radical (unpaired) electrons. The van der Waals surface area contributed by atoms with E-state index in [4.69, 9.17) is 11.6 Å². The van der Waals surface area contributed by atoms with Gasteiger partial charge in [-0.3, -0.25) is 14.8 Å². The van der Waals surface area contributed by atoms with Gasteiger partial charge in [-0.05, 0) is 47.7 Å². The Kier molecular flexibility index (Phi) is 7.19. The van der Waals surface area contributed by atoms with Gasteiger partial charge >= 0.3 is 0 Å². The van der Waals surface area contributed by atoms with Crippen molar-refractivity contribution in [1.29, 1.82) is 0 Å². The van der Waals surface area contributed by atoms with Gasteiger partial charge < -0.3 is 5.11 Å². The molecule has 2 N–H and O–H groups in total. The lowest BCUT2D eigenvalue weighted by Crippen LogP contribution is -2.12. The monoisotopic (exact) mass is 477 g/mol. The molecule has 0 spiro atoms. The first-order chi connectivity index (χ1) is 16.0. The Morgan fingerprint density at radius 1 is 1.03 bits per heavy atom. The van der Waals surface area contributed by atoms with Crippen LogP contribution in [0.2, 0.25) is 5.02 Å². The normalized spacial score (nSPS) is 12.4. The first-order valence-electron chi connectivity index (χ1n) is 10.0. The third kappa shape index (κ3) is 5.48. The van der Waals surface area contributed by atoms with E-state index in [1.165, 1.54) is 6.92 Å². The number of anilines is 1. The lowest BCUT2D eigenvalue weighted by Gasteiger charge is -2.14. The van der Waals surface area contributed by atoms with Crippen LogP contribution < -0.4 is 5.43 Å². The van der Waals surface area contributed by atoms with Gasteiger partial charge in [0.1, 0.15) is 6.10 Å². The van der Waals surface area contributed by atoms with Crippen LogP contribution >= 0.6 is 23.4 Å². The molecule has 1 aromatic heterocycles. The molecule has 0 saturated heterocycles. The highest BCUT2D eigenvalue weighted by Crippen LogP contribution is 2.29. The number of aliphatic hydroxyl groups excluding tert-OH is 1. The molecule has 0 saturated carbocycles. The Balaban J connectivity index is 1.71. The molecule has 9 heteroatoms. The number of benzene rings is 3. The van der Waals surface area contributed by atoms with Crippen molar-refractivity contribution in [3.05, 3.63) is 101 Å². The van der Waals surface area contributed by atoms with Gasteiger partial charge in [-0.1, -0.05) is 66.2 Å². The number of Topliss-reactive ketones (excluding diaryl/α,β-unsaturated/α-hetero) is 1. The third-order valence-electron chi connectivity index (χ3n) is 4.63. The maximum Gasteiger partial charge on any atom is 0.202 e. The zero-order valence-electron chi connectivity index (χ0n) is 17.6. The molecule has 4 aromatic rings. The van der Waals surface area contributed by atoms with Gasteiger partial charge in [0.2, 0.25) is 5.16 Å². The van der Waals surface area contributed by atoms with Crippen LogP contribution in [0, 0.1) is 0 Å². The number of carbonyl (C=O) groups excluding carboxylic acids is 1. The summed E-state index contributed by atoms with van der Waals surface area (Å²) in [5.74, 6) is 0.0860. The molecule has 0 aliphatic carbocycles. The van der Waals surface area contributed by atoms with Gasteiger partial charge in [0, 0.05) is 17.6 Å². The number of rotatable bonds is 7. The van der Waals surface area contributed by atoms with E-state index in [-0.39, 0.29) is 10.8 Å². The quantitative estimate of drug-likeness (QED) is 0.166. The number of nitrogens with zero attached hydrogens (tertiary/aromatic N) is 4. The SMILES string of the molecule is CC(=O)/C(=N/Nc1cccc(Cl)c1)Sc1nnc([C@H](O)c2ccccc2)n1-c1ccccc1. The maximum atomic E-state index is 12.3. The molecule has 166 valence electrons. The van der Waals surface area contributed by atoms with E-state index >= 15 is 0 Å². The van der Waals surface area contributed by atoms with Crippen LogP contribution in [0.5, 0.6) is 0 Å². The van der Waals surface area contributed by atoms with Crippen LogP contribution in [0.15, 0.2) is 95.2 Å². The molecule has 0 unspecified atom stereocenters. The summed E-state index contributed by atoms with van der Waals surface area (Å²) in [4.78, 5) is 12.3. The average molecular weight is 478 g/mol. The van der Waals surface area contributed by atoms with Crippen LogP contribution in [0.25, 0.3) is 5.69 Å². The smallest absolute Gasteiger partial charge is 0.202 e. The van der Waals surface area contributed by atoms with E-state index in [0.717, 1.165) is 17.4 Å². The van der Waals surface area contributed by atoms with Gasteiger partial charge in [0.15, 0.2) is 16.7 Å². The predicted octanol–water partition coefficient (Wildman–Crippen LogP) is 5.11. The van der Waals surface area contributed by atoms with Crippen LogP contribution in [0.4, 0.5) is 5.69 Å². The number of carbonyl (C=O) groups is 1. The standard InChI is InChI=1S/C24H20ClN5O2S/c1-16(31)23(28-26-19-12-8-11-18(25)15-19)33-24-29-27-22(21(32)17-9-4-2-5-10-17)30(24)20-13-6-3-7-14-20/h2-15,21,26,32H,1H3/b28-23-/t21-/m1/s1. The molecule has 4 rings (SSSR count). The Morgan fingerprint density at radius 2 is 1.73 bits per heavy atom. The second-order valence-corrected chi connectivity index (χ2v) is 8.41. The minimum atomic E-state index is -1.00. The van der Waals surface area contributed by atoms with E-state index in [1.54, 1.807) is 28.8 Å². The lowest BCUT2D eigenvalue weighted by molar-refractivity contribution is -0.110. The topological polar surface area (TPSA) is 92.4 Å². The van der Waals surface area contributed by atoms with Crippen LogP contribution in [0.3, 0.4) is 0 Å². The number of thioether (sulfide) groups is 1. The Morgan fingerprint density at radius 3 is 2.39 bits per heavy atom. The highest BCUT2D eigenvalue weighted by molar-refractivity contribution is 8.15. The van der Waals surface area contributed by atoms with Crippen LogP contribution in [0.1, 0.15) is 24.4 Å². The Hall–Kier alpha value is -3.46. The number of hydrazone groups is 1. The molecule has 0 fully saturated rings. The largest absolute Gasteiger partial charge is 0.380 e. The molecule has 0 aliphatic heterocycles. The lowest BCUT2D eigenvalue weighted by atomic mass is 10.1. The zero-order chi connectivity index (χ0) is 23.2. The van der Waals surface area contributed by atoms with Crippen LogP contribution in [-0.2, 0) is 4.79 Å². The van der Waals surface area contributed by atoms with Crippen molar-refractivity contribution in [2.75, 3.05) is 5.43 Å². The summed E-state index contributed by atoms with van der Waals surface area (Å²) < 4.78 is 1.72. The minimum Gasteiger partial charge on any atom is -0.380 e. The Bertz CT molecular complexity index is 1280. The molecule has 7 nitrogen and oxygen atoms in total. The highest BCUT2D eigenvalue weighted by atomic mass is 35.5. The summed E-state index contributed by atoms with van der Waals surface area (Å²) in [6.45, 7) is 1.43. The molecule has 1 atom stereocenters. The summed E-state index contributed by atoms with van der Waals surface area (Å²) in [5.41, 5.74) is 4.93. The van der Waals surface area contributed by atoms with E-state index in [0.29, 0.717) is 27.3 Å². The fourth-order valence-electron chi connectivity index (χ4n) is 3.06. The van der Waals surface area contributed by atoms with Crippen LogP contribution in [-0.4, -0.2) is 30.7 Å². The number of para-hydroxylation sites is 1. The van der Waals surface area contributed by atoms with E-state index in [9.17, 15) is 9.90 Å². The molecule has 3 aromatic carbocycles. The van der Waals surface area contributed by atoms with Crippen molar-refractivity contribution < 1.29 is 9.90 Å². The molecule has 0 bridgehead atoms. The number of hydrogen-bond donors (Lipinski definition) is 2. The summed E-state index contributed by atoms with van der Waals surface area (Å²) in [6.07, 6.45) is -1.00. The number of hydrogen-bond acceptors (Lipinski definition) is 7. The molecule has 33 heavy (non-hydrogen) atoms. The molecule has 1 heterocycles. The van der Waals surface area contributed by atoms with Crippen molar-refractivity contribution >= 4 is 39.9 Å². The van der Waals surface area contributed by atoms with E-state index < -0.39 is 6.10 Å². The first kappa shape index (κ1) is 22.7. The second kappa shape index (κ2) is 10.4. The van der Waals surface area contributed by atoms with Crippen molar-refractivity contribution in [3.8, 4) is 5.69 Å². The number of aliphatic hydroxyl groups is 1. The number of nitrogens with one attached hydrogen (secondary N) is 1. The summed E-state index contributed by atoms with van der Waals surface area (Å²) >= 11 is 7.08. The van der Waals surface area contributed by atoms with E-state index in [2.05, 4.69) is 20.7 Å². The molecule has 0 aliphatic rings. The zero-order valence-corrected chi connectivity index (χ0v) is 19.2. The van der Waals surface area contributed by atoms with Crippen molar-refractivity contribution in [3.63, 3.8) is 0 Å². The average Bonchev–Trinajstić information content (AvgIpc) is 3.25. The van der Waals surface area contributed by atoms with Gasteiger partial charge in [0.05, 0.1) is 5.69 Å². The second-order valence-electron chi connectivity index (χ2n) is 7.02. The van der Waals surface area contributed by atoms with Gasteiger partial charge in [-0.2, -0.15) is 5.10 Å². The molecular formula is C24H20ClN5O2S. The van der Waals surface area contributed by atoms with Gasteiger partial charge in [-0.25, -0.2) is 0 Å².